The third-order valence-electron chi connectivity index (χ3n) is 2.90. The Hall–Kier alpha value is -1.71. The number of phenolic OH excluding ortho intramolecular Hbond substituents is 1. The predicted octanol–water partition coefficient (Wildman–Crippen LogP) is 3.29. The average molecular weight is 263 g/mol. The van der Waals surface area contributed by atoms with Gasteiger partial charge in [-0.25, -0.2) is 4.79 Å². The lowest BCUT2D eigenvalue weighted by atomic mass is 10.2. The summed E-state index contributed by atoms with van der Waals surface area (Å²) in [6, 6.07) is 7.22. The van der Waals surface area contributed by atoms with Crippen LogP contribution in [0.4, 0.5) is 4.79 Å². The van der Waals surface area contributed by atoms with Crippen LogP contribution in [0.1, 0.15) is 39.2 Å². The van der Waals surface area contributed by atoms with Crippen molar-refractivity contribution in [2.24, 2.45) is 0 Å². The largest absolute Gasteiger partial charge is 0.508 e. The minimum absolute atomic E-state index is 0.235. The molecular formula is C15H21NO3. The zero-order chi connectivity index (χ0) is 14.0. The Morgan fingerprint density at radius 2 is 1.89 bits per heavy atom. The highest BCUT2D eigenvalue weighted by Crippen LogP contribution is 2.30. The molecule has 19 heavy (non-hydrogen) atoms. The fourth-order valence-corrected chi connectivity index (χ4v) is 1.85. The lowest BCUT2D eigenvalue weighted by molar-refractivity contribution is 0.0217. The van der Waals surface area contributed by atoms with E-state index in [1.54, 1.807) is 17.0 Å². The second kappa shape index (κ2) is 5.11. The van der Waals surface area contributed by atoms with Crippen molar-refractivity contribution in [2.45, 2.75) is 51.8 Å². The quantitative estimate of drug-likeness (QED) is 0.910. The number of phenols is 1. The molecule has 0 atom stereocenters. The number of hydrogen-bond donors (Lipinski definition) is 1. The van der Waals surface area contributed by atoms with Gasteiger partial charge in [-0.3, -0.25) is 0 Å². The number of hydrogen-bond acceptors (Lipinski definition) is 3. The molecule has 0 bridgehead atoms. The van der Waals surface area contributed by atoms with Crippen molar-refractivity contribution in [1.82, 2.24) is 4.90 Å². The van der Waals surface area contributed by atoms with Gasteiger partial charge in [0.25, 0.3) is 0 Å². The lowest BCUT2D eigenvalue weighted by Crippen LogP contribution is -2.37. The van der Waals surface area contributed by atoms with E-state index >= 15 is 0 Å². The van der Waals surface area contributed by atoms with Gasteiger partial charge in [0.05, 0.1) is 0 Å². The van der Waals surface area contributed by atoms with Gasteiger partial charge in [-0.2, -0.15) is 0 Å². The fourth-order valence-electron chi connectivity index (χ4n) is 1.85. The molecule has 1 aliphatic rings. The number of benzene rings is 1. The molecule has 4 nitrogen and oxygen atoms in total. The molecule has 1 N–H and O–H groups in total. The number of amides is 1. The van der Waals surface area contributed by atoms with Crippen molar-refractivity contribution >= 4 is 6.09 Å². The van der Waals surface area contributed by atoms with Gasteiger partial charge < -0.3 is 14.7 Å². The zero-order valence-electron chi connectivity index (χ0n) is 11.7. The zero-order valence-corrected chi connectivity index (χ0v) is 11.7. The monoisotopic (exact) mass is 263 g/mol. The van der Waals surface area contributed by atoms with Crippen molar-refractivity contribution < 1.29 is 14.6 Å². The van der Waals surface area contributed by atoms with Gasteiger partial charge in [0, 0.05) is 12.6 Å². The van der Waals surface area contributed by atoms with Crippen LogP contribution >= 0.6 is 0 Å². The van der Waals surface area contributed by atoms with Gasteiger partial charge in [0.15, 0.2) is 0 Å². The normalized spacial score (nSPS) is 15.1. The van der Waals surface area contributed by atoms with Gasteiger partial charge >= 0.3 is 6.09 Å². The molecule has 0 spiro atoms. The van der Waals surface area contributed by atoms with Crippen molar-refractivity contribution in [3.05, 3.63) is 29.8 Å². The first-order chi connectivity index (χ1) is 8.85. The molecule has 0 saturated heterocycles. The summed E-state index contributed by atoms with van der Waals surface area (Å²) >= 11 is 0. The van der Waals surface area contributed by atoms with Gasteiger partial charge in [-0.15, -0.1) is 0 Å². The van der Waals surface area contributed by atoms with E-state index in [1.807, 2.05) is 32.9 Å². The Bertz CT molecular complexity index is 443. The molecule has 0 aliphatic heterocycles. The van der Waals surface area contributed by atoms with E-state index < -0.39 is 5.60 Å². The van der Waals surface area contributed by atoms with E-state index in [0.29, 0.717) is 12.6 Å². The second-order valence-electron chi connectivity index (χ2n) is 6.01. The minimum Gasteiger partial charge on any atom is -0.508 e. The van der Waals surface area contributed by atoms with E-state index in [4.69, 9.17) is 4.74 Å². The smallest absolute Gasteiger partial charge is 0.410 e. The number of carbonyl (C=O) groups is 1. The Morgan fingerprint density at radius 3 is 2.37 bits per heavy atom. The number of ether oxygens (including phenoxy) is 1. The number of carbonyl (C=O) groups excluding carboxylic acids is 1. The fraction of sp³-hybridized carbons (Fsp3) is 0.533. The van der Waals surface area contributed by atoms with Crippen molar-refractivity contribution in [3.8, 4) is 5.75 Å². The van der Waals surface area contributed by atoms with E-state index in [1.165, 1.54) is 0 Å². The SMILES string of the molecule is CC(C)(C)OC(=O)N(Cc1ccc(O)cc1)C1CC1. The molecule has 1 fully saturated rings. The van der Waals surface area contributed by atoms with Gasteiger partial charge in [-0.1, -0.05) is 12.1 Å². The van der Waals surface area contributed by atoms with Crippen LogP contribution in [0.5, 0.6) is 5.75 Å². The average Bonchev–Trinajstić information content (AvgIpc) is 3.09. The molecule has 0 radical (unpaired) electrons. The number of rotatable bonds is 3. The predicted molar refractivity (Wildman–Crippen MR) is 72.9 cm³/mol. The van der Waals surface area contributed by atoms with Gasteiger partial charge in [0.2, 0.25) is 0 Å². The molecule has 104 valence electrons. The summed E-state index contributed by atoms with van der Waals surface area (Å²) in [5.41, 5.74) is 0.523. The highest BCUT2D eigenvalue weighted by atomic mass is 16.6. The van der Waals surface area contributed by atoms with Crippen LogP contribution < -0.4 is 0 Å². The third kappa shape index (κ3) is 4.16. The highest BCUT2D eigenvalue weighted by Gasteiger charge is 2.35. The summed E-state index contributed by atoms with van der Waals surface area (Å²) < 4.78 is 5.43. The Balaban J connectivity index is 2.04. The molecule has 1 aromatic rings. The first kappa shape index (κ1) is 13.7. The summed E-state index contributed by atoms with van der Waals surface area (Å²) in [6.45, 7) is 6.14. The van der Waals surface area contributed by atoms with Gasteiger partial charge in [-0.05, 0) is 51.3 Å². The molecule has 0 heterocycles. The molecule has 0 aromatic heterocycles. The van der Waals surface area contributed by atoms with Gasteiger partial charge in [0.1, 0.15) is 11.4 Å². The van der Waals surface area contributed by atoms with Crippen molar-refractivity contribution in [2.75, 3.05) is 0 Å². The minimum atomic E-state index is -0.473. The summed E-state index contributed by atoms with van der Waals surface area (Å²) in [6.07, 6.45) is 1.82. The third-order valence-corrected chi connectivity index (χ3v) is 2.90. The standard InChI is InChI=1S/C15H21NO3/c1-15(2,3)19-14(18)16(12-6-7-12)10-11-4-8-13(17)9-5-11/h4-5,8-9,12,17H,6-7,10H2,1-3H3. The van der Waals surface area contributed by atoms with Crippen LogP contribution in [0, 0.1) is 0 Å². The van der Waals surface area contributed by atoms with E-state index in [-0.39, 0.29) is 11.8 Å². The van der Waals surface area contributed by atoms with Crippen molar-refractivity contribution in [1.29, 1.82) is 0 Å². The van der Waals surface area contributed by atoms with Crippen LogP contribution in [-0.4, -0.2) is 27.7 Å². The lowest BCUT2D eigenvalue weighted by Gasteiger charge is -2.27. The highest BCUT2D eigenvalue weighted by molar-refractivity contribution is 5.69. The summed E-state index contributed by atoms with van der Waals surface area (Å²) in [5.74, 6) is 0.235. The molecule has 1 aromatic carbocycles. The molecule has 4 heteroatoms. The maximum absolute atomic E-state index is 12.2. The summed E-state index contributed by atoms with van der Waals surface area (Å²) in [5, 5.41) is 9.27. The molecule has 2 rings (SSSR count). The van der Waals surface area contributed by atoms with E-state index in [0.717, 1.165) is 18.4 Å². The maximum atomic E-state index is 12.2. The van der Waals surface area contributed by atoms with Crippen molar-refractivity contribution in [3.63, 3.8) is 0 Å². The molecule has 0 unspecified atom stereocenters. The van der Waals surface area contributed by atoms with E-state index in [9.17, 15) is 9.90 Å². The number of aromatic hydroxyl groups is 1. The topological polar surface area (TPSA) is 49.8 Å². The Labute approximate surface area is 114 Å². The number of nitrogens with zero attached hydrogens (tertiary/aromatic N) is 1. The second-order valence-corrected chi connectivity index (χ2v) is 6.01. The van der Waals surface area contributed by atoms with Crippen LogP contribution in [0.2, 0.25) is 0 Å². The molecule has 1 amide bonds. The summed E-state index contributed by atoms with van der Waals surface area (Å²) in [7, 11) is 0. The molecular weight excluding hydrogens is 242 g/mol. The molecule has 1 saturated carbocycles. The Kier molecular flexibility index (Phi) is 3.69. The summed E-state index contributed by atoms with van der Waals surface area (Å²) in [4.78, 5) is 13.9. The first-order valence-corrected chi connectivity index (χ1v) is 6.63. The molecule has 1 aliphatic carbocycles. The van der Waals surface area contributed by atoms with Crippen LogP contribution in [-0.2, 0) is 11.3 Å². The van der Waals surface area contributed by atoms with Crippen LogP contribution in [0.25, 0.3) is 0 Å². The van der Waals surface area contributed by atoms with Crippen LogP contribution in [0.3, 0.4) is 0 Å². The Morgan fingerprint density at radius 1 is 1.32 bits per heavy atom. The van der Waals surface area contributed by atoms with E-state index in [2.05, 4.69) is 0 Å². The van der Waals surface area contributed by atoms with Crippen LogP contribution in [0.15, 0.2) is 24.3 Å². The first-order valence-electron chi connectivity index (χ1n) is 6.63. The maximum Gasteiger partial charge on any atom is 0.410 e.